The number of phosphoric acid groups is 2. The van der Waals surface area contributed by atoms with Crippen molar-refractivity contribution in [1.29, 1.82) is 0 Å². The molecule has 0 radical (unpaired) electrons. The SMILES string of the molecule is NC(=O)CC[C@H](N)C(=O)O.O=P(O)(O)OP(=O)(O)OC1O[C@H](CO)[C@@H](O)[C@H]1O. The Morgan fingerprint density at radius 2 is 1.68 bits per heavy atom. The highest BCUT2D eigenvalue weighted by molar-refractivity contribution is 7.60. The molecule has 1 aliphatic rings. The van der Waals surface area contributed by atoms with Gasteiger partial charge in [-0.2, -0.15) is 4.31 Å². The van der Waals surface area contributed by atoms with Crippen molar-refractivity contribution in [2.24, 2.45) is 11.5 Å². The maximum atomic E-state index is 11.1. The molecule has 0 aliphatic carbocycles. The van der Waals surface area contributed by atoms with Gasteiger partial charge in [-0.25, -0.2) is 9.13 Å². The van der Waals surface area contributed by atoms with Gasteiger partial charge in [0.1, 0.15) is 24.4 Å². The van der Waals surface area contributed by atoms with Crippen molar-refractivity contribution in [1.82, 2.24) is 0 Å². The van der Waals surface area contributed by atoms with Crippen molar-refractivity contribution < 1.29 is 67.4 Å². The average molecular weight is 456 g/mol. The van der Waals surface area contributed by atoms with Crippen LogP contribution in [0.4, 0.5) is 0 Å². The second-order valence-electron chi connectivity index (χ2n) is 5.30. The summed E-state index contributed by atoms with van der Waals surface area (Å²) in [6.45, 7) is -0.701. The molecule has 166 valence electrons. The molecule has 0 aromatic carbocycles. The predicted octanol–water partition coefficient (Wildman–Crippen LogP) is -3.68. The molecule has 1 amide bonds. The van der Waals surface area contributed by atoms with E-state index in [1.165, 1.54) is 0 Å². The molecular formula is C10H22N2O14P2. The van der Waals surface area contributed by atoms with Gasteiger partial charge in [0.15, 0.2) is 6.29 Å². The fraction of sp³-hybridized carbons (Fsp3) is 0.800. The Hall–Kier alpha value is -1.00. The highest BCUT2D eigenvalue weighted by Crippen LogP contribution is 2.58. The van der Waals surface area contributed by atoms with Crippen LogP contribution in [0.2, 0.25) is 0 Å². The fourth-order valence-corrected chi connectivity index (χ4v) is 3.32. The number of amides is 1. The van der Waals surface area contributed by atoms with Gasteiger partial charge in [0, 0.05) is 6.42 Å². The van der Waals surface area contributed by atoms with Gasteiger partial charge in [-0.3, -0.25) is 14.1 Å². The molecule has 1 saturated heterocycles. The van der Waals surface area contributed by atoms with Gasteiger partial charge < -0.3 is 51.3 Å². The largest absolute Gasteiger partial charge is 0.483 e. The van der Waals surface area contributed by atoms with Gasteiger partial charge in [-0.05, 0) is 6.42 Å². The van der Waals surface area contributed by atoms with E-state index in [9.17, 15) is 28.9 Å². The lowest BCUT2D eigenvalue weighted by atomic mass is 10.1. The normalized spacial score (nSPS) is 28.0. The number of carboxylic acids is 1. The molecule has 28 heavy (non-hydrogen) atoms. The Kier molecular flexibility index (Phi) is 10.9. The first-order chi connectivity index (χ1) is 12.6. The molecule has 1 heterocycles. The molecule has 0 aromatic rings. The molecule has 6 atom stereocenters. The van der Waals surface area contributed by atoms with E-state index in [-0.39, 0.29) is 12.8 Å². The third kappa shape index (κ3) is 10.5. The monoisotopic (exact) mass is 456 g/mol. The van der Waals surface area contributed by atoms with Crippen molar-refractivity contribution >= 4 is 27.5 Å². The number of aliphatic hydroxyl groups excluding tert-OH is 3. The highest BCUT2D eigenvalue weighted by atomic mass is 31.3. The Balaban J connectivity index is 0.000000621. The van der Waals surface area contributed by atoms with Crippen LogP contribution in [0.3, 0.4) is 0 Å². The molecule has 0 spiro atoms. The summed E-state index contributed by atoms with van der Waals surface area (Å²) in [4.78, 5) is 45.7. The number of nitrogens with two attached hydrogens (primary N) is 2. The summed E-state index contributed by atoms with van der Waals surface area (Å²) >= 11 is 0. The number of hydrogen-bond donors (Lipinski definition) is 9. The lowest BCUT2D eigenvalue weighted by Gasteiger charge is -2.18. The highest BCUT2D eigenvalue weighted by Gasteiger charge is 2.47. The van der Waals surface area contributed by atoms with Gasteiger partial charge in [0.05, 0.1) is 6.61 Å². The van der Waals surface area contributed by atoms with Crippen molar-refractivity contribution in [3.8, 4) is 0 Å². The lowest BCUT2D eigenvalue weighted by Crippen LogP contribution is -2.34. The molecule has 2 unspecified atom stereocenters. The second-order valence-corrected chi connectivity index (χ2v) is 8.08. The van der Waals surface area contributed by atoms with E-state index in [4.69, 9.17) is 36.4 Å². The minimum atomic E-state index is -5.29. The van der Waals surface area contributed by atoms with E-state index in [1.54, 1.807) is 0 Å². The van der Waals surface area contributed by atoms with Crippen molar-refractivity contribution in [2.45, 2.75) is 43.5 Å². The van der Waals surface area contributed by atoms with Crippen LogP contribution < -0.4 is 11.5 Å². The summed E-state index contributed by atoms with van der Waals surface area (Å²) in [5.74, 6) is -1.64. The molecular weight excluding hydrogens is 434 g/mol. The Morgan fingerprint density at radius 3 is 2.04 bits per heavy atom. The number of primary amides is 1. The second kappa shape index (κ2) is 11.3. The standard InChI is InChI=1S/C5H10N2O3.C5H12O11P2/c6-3(5(9)10)1-2-4(7)8;6-1-2-3(7)4(8)5(14-2)15-18(12,13)16-17(9,10)11/h3H,1-2,6H2,(H2,7,8)(H,9,10);2-8H,1H2,(H,12,13)(H2,9,10,11)/t3-;2-,3-,4-,5?/m01/s1. The Morgan fingerprint density at radius 1 is 1.14 bits per heavy atom. The maximum absolute atomic E-state index is 11.1. The maximum Gasteiger partial charge on any atom is 0.483 e. The molecule has 0 bridgehead atoms. The van der Waals surface area contributed by atoms with Crippen molar-refractivity contribution in [3.05, 3.63) is 0 Å². The van der Waals surface area contributed by atoms with E-state index in [0.29, 0.717) is 0 Å². The van der Waals surface area contributed by atoms with Crippen molar-refractivity contribution in [3.63, 3.8) is 0 Å². The fourth-order valence-electron chi connectivity index (χ4n) is 1.66. The van der Waals surface area contributed by atoms with Gasteiger partial charge in [0.2, 0.25) is 5.91 Å². The summed E-state index contributed by atoms with van der Waals surface area (Å²) in [7, 11) is -10.5. The van der Waals surface area contributed by atoms with Gasteiger partial charge in [-0.1, -0.05) is 0 Å². The summed E-state index contributed by atoms with van der Waals surface area (Å²) < 4.78 is 33.7. The van der Waals surface area contributed by atoms with Crippen LogP contribution in [0, 0.1) is 0 Å². The number of carboxylic acid groups (broad SMARTS) is 1. The van der Waals surface area contributed by atoms with Crippen molar-refractivity contribution in [2.75, 3.05) is 6.61 Å². The molecule has 1 fully saturated rings. The quantitative estimate of drug-likeness (QED) is 0.151. The average Bonchev–Trinajstić information content (AvgIpc) is 2.77. The molecule has 1 rings (SSSR count). The number of aliphatic hydroxyl groups is 3. The zero-order chi connectivity index (χ0) is 22.3. The van der Waals surface area contributed by atoms with E-state index < -0.39 is 64.8 Å². The Bertz CT molecular complexity index is 625. The van der Waals surface area contributed by atoms with E-state index in [2.05, 4.69) is 13.6 Å². The molecule has 1 aliphatic heterocycles. The van der Waals surface area contributed by atoms with E-state index in [1.807, 2.05) is 0 Å². The number of carbonyl (C=O) groups excluding carboxylic acids is 1. The topological polar surface area (TPSA) is 290 Å². The first kappa shape index (κ1) is 27.0. The number of hydrogen-bond acceptors (Lipinski definition) is 11. The third-order valence-corrected chi connectivity index (χ3v) is 5.11. The predicted molar refractivity (Wildman–Crippen MR) is 85.8 cm³/mol. The Labute approximate surface area is 157 Å². The minimum Gasteiger partial charge on any atom is -0.480 e. The van der Waals surface area contributed by atoms with Crippen LogP contribution in [-0.4, -0.2) is 84.2 Å². The molecule has 16 nitrogen and oxygen atoms in total. The summed E-state index contributed by atoms with van der Waals surface area (Å²) in [6.07, 6.45) is -6.39. The van der Waals surface area contributed by atoms with Gasteiger partial charge in [0.25, 0.3) is 0 Å². The molecule has 0 saturated carbocycles. The van der Waals surface area contributed by atoms with Gasteiger partial charge >= 0.3 is 21.6 Å². The number of ether oxygens (including phenoxy) is 1. The van der Waals surface area contributed by atoms with Gasteiger partial charge in [-0.15, -0.1) is 0 Å². The molecule has 18 heteroatoms. The first-order valence-electron chi connectivity index (χ1n) is 7.27. The summed E-state index contributed by atoms with van der Waals surface area (Å²) in [5.41, 5.74) is 9.81. The van der Waals surface area contributed by atoms with E-state index >= 15 is 0 Å². The zero-order valence-electron chi connectivity index (χ0n) is 14.0. The van der Waals surface area contributed by atoms with Crippen LogP contribution in [0.25, 0.3) is 0 Å². The molecule has 11 N–H and O–H groups in total. The van der Waals surface area contributed by atoms with Crippen LogP contribution in [-0.2, 0) is 32.3 Å². The summed E-state index contributed by atoms with van der Waals surface area (Å²) in [6, 6.07) is -0.979. The minimum absolute atomic E-state index is 0.0213. The molecule has 0 aromatic heterocycles. The van der Waals surface area contributed by atoms with Crippen LogP contribution in [0.5, 0.6) is 0 Å². The van der Waals surface area contributed by atoms with Crippen LogP contribution in [0.1, 0.15) is 12.8 Å². The number of rotatable bonds is 9. The smallest absolute Gasteiger partial charge is 0.480 e. The number of carbonyl (C=O) groups is 2. The zero-order valence-corrected chi connectivity index (χ0v) is 15.8. The van der Waals surface area contributed by atoms with Crippen LogP contribution >= 0.6 is 15.6 Å². The van der Waals surface area contributed by atoms with Crippen LogP contribution in [0.15, 0.2) is 0 Å². The van der Waals surface area contributed by atoms with E-state index in [0.717, 1.165) is 0 Å². The number of phosphoric ester groups is 1. The summed E-state index contributed by atoms with van der Waals surface area (Å²) in [5, 5.41) is 35.5. The third-order valence-electron chi connectivity index (χ3n) is 2.96. The first-order valence-corrected chi connectivity index (χ1v) is 10.3. The lowest BCUT2D eigenvalue weighted by molar-refractivity contribution is -0.138. The number of aliphatic carboxylic acids is 1.